The van der Waals surface area contributed by atoms with Crippen LogP contribution in [0.4, 0.5) is 0 Å². The zero-order chi connectivity index (χ0) is 9.68. The molecule has 1 N–H and O–H groups in total. The molecule has 1 atom stereocenters. The lowest BCUT2D eigenvalue weighted by Gasteiger charge is -2.02. The number of nitrogens with one attached hydrogen (secondary N) is 1. The van der Waals surface area contributed by atoms with Crippen LogP contribution in [0.25, 0.3) is 6.08 Å². The van der Waals surface area contributed by atoms with Crippen LogP contribution in [0, 0.1) is 0 Å². The molecule has 0 saturated heterocycles. The molecular formula is C11H14BrN. The van der Waals surface area contributed by atoms with Gasteiger partial charge in [-0.1, -0.05) is 40.2 Å². The second-order valence-corrected chi connectivity index (χ2v) is 3.90. The summed E-state index contributed by atoms with van der Waals surface area (Å²) in [5, 5.41) is 3.15. The van der Waals surface area contributed by atoms with Crippen molar-refractivity contribution in [2.45, 2.75) is 13.0 Å². The van der Waals surface area contributed by atoms with E-state index in [1.807, 2.05) is 19.2 Å². The van der Waals surface area contributed by atoms with Gasteiger partial charge in [0.1, 0.15) is 0 Å². The Balaban J connectivity index is 2.64. The van der Waals surface area contributed by atoms with E-state index >= 15 is 0 Å². The van der Waals surface area contributed by atoms with Gasteiger partial charge in [0.2, 0.25) is 0 Å². The van der Waals surface area contributed by atoms with Crippen LogP contribution in [0.5, 0.6) is 0 Å². The van der Waals surface area contributed by atoms with Crippen molar-refractivity contribution in [2.75, 3.05) is 7.05 Å². The van der Waals surface area contributed by atoms with Gasteiger partial charge in [0.15, 0.2) is 0 Å². The molecule has 1 rings (SSSR count). The number of rotatable bonds is 3. The third-order valence-electron chi connectivity index (χ3n) is 1.90. The summed E-state index contributed by atoms with van der Waals surface area (Å²) in [5.74, 6) is 0. The number of hydrogen-bond acceptors (Lipinski definition) is 1. The molecule has 0 heterocycles. The summed E-state index contributed by atoms with van der Waals surface area (Å²) in [6.45, 7) is 2.12. The van der Waals surface area contributed by atoms with E-state index in [4.69, 9.17) is 0 Å². The van der Waals surface area contributed by atoms with Gasteiger partial charge in [-0.15, -0.1) is 0 Å². The Morgan fingerprint density at radius 3 is 2.46 bits per heavy atom. The average Bonchev–Trinajstić information content (AvgIpc) is 2.16. The van der Waals surface area contributed by atoms with Gasteiger partial charge in [-0.25, -0.2) is 0 Å². The number of hydrogen-bond donors (Lipinski definition) is 1. The first kappa shape index (κ1) is 10.5. The minimum Gasteiger partial charge on any atom is -0.314 e. The maximum atomic E-state index is 3.40. The lowest BCUT2D eigenvalue weighted by atomic mass is 10.2. The lowest BCUT2D eigenvalue weighted by Crippen LogP contribution is -2.17. The highest BCUT2D eigenvalue weighted by molar-refractivity contribution is 9.10. The van der Waals surface area contributed by atoms with Crippen LogP contribution in [0.2, 0.25) is 0 Å². The molecule has 0 aliphatic carbocycles. The molecule has 2 heteroatoms. The molecule has 0 amide bonds. The second kappa shape index (κ2) is 5.20. The van der Waals surface area contributed by atoms with E-state index in [0.717, 1.165) is 4.47 Å². The molecule has 0 spiro atoms. The zero-order valence-electron chi connectivity index (χ0n) is 7.92. The maximum absolute atomic E-state index is 3.40. The van der Waals surface area contributed by atoms with Crippen LogP contribution in [-0.4, -0.2) is 13.1 Å². The van der Waals surface area contributed by atoms with E-state index in [0.29, 0.717) is 6.04 Å². The van der Waals surface area contributed by atoms with Crippen LogP contribution >= 0.6 is 15.9 Å². The molecule has 0 bridgehead atoms. The zero-order valence-corrected chi connectivity index (χ0v) is 9.51. The van der Waals surface area contributed by atoms with Crippen molar-refractivity contribution >= 4 is 22.0 Å². The van der Waals surface area contributed by atoms with E-state index in [1.54, 1.807) is 0 Å². The number of halogens is 1. The summed E-state index contributed by atoms with van der Waals surface area (Å²) in [6, 6.07) is 8.68. The molecular weight excluding hydrogens is 226 g/mol. The third-order valence-corrected chi connectivity index (χ3v) is 2.43. The molecule has 70 valence electrons. The van der Waals surface area contributed by atoms with Gasteiger partial charge in [0, 0.05) is 10.5 Å². The fourth-order valence-electron chi connectivity index (χ4n) is 0.926. The van der Waals surface area contributed by atoms with Crippen molar-refractivity contribution in [3.8, 4) is 0 Å². The van der Waals surface area contributed by atoms with Crippen molar-refractivity contribution in [3.05, 3.63) is 40.4 Å². The van der Waals surface area contributed by atoms with Crippen LogP contribution < -0.4 is 5.32 Å². The predicted octanol–water partition coefficient (Wildman–Crippen LogP) is 3.07. The normalized spacial score (nSPS) is 13.5. The molecule has 0 aliphatic rings. The second-order valence-electron chi connectivity index (χ2n) is 2.99. The molecule has 0 radical (unpaired) electrons. The van der Waals surface area contributed by atoms with Crippen LogP contribution in [0.1, 0.15) is 12.5 Å². The topological polar surface area (TPSA) is 12.0 Å². The summed E-state index contributed by atoms with van der Waals surface area (Å²) >= 11 is 3.40. The first-order valence-corrected chi connectivity index (χ1v) is 5.12. The Morgan fingerprint density at radius 2 is 1.92 bits per heavy atom. The predicted molar refractivity (Wildman–Crippen MR) is 61.7 cm³/mol. The quantitative estimate of drug-likeness (QED) is 0.856. The van der Waals surface area contributed by atoms with Crippen LogP contribution in [-0.2, 0) is 0 Å². The van der Waals surface area contributed by atoms with Gasteiger partial charge >= 0.3 is 0 Å². The van der Waals surface area contributed by atoms with Crippen molar-refractivity contribution in [1.82, 2.24) is 5.32 Å². The molecule has 0 aromatic heterocycles. The fourth-order valence-corrected chi connectivity index (χ4v) is 1.19. The summed E-state index contributed by atoms with van der Waals surface area (Å²) in [6.07, 6.45) is 4.26. The summed E-state index contributed by atoms with van der Waals surface area (Å²) in [7, 11) is 1.95. The number of likely N-dealkylation sites (N-methyl/N-ethyl adjacent to an activating group) is 1. The van der Waals surface area contributed by atoms with E-state index in [9.17, 15) is 0 Å². The van der Waals surface area contributed by atoms with E-state index in [-0.39, 0.29) is 0 Å². The van der Waals surface area contributed by atoms with Crippen molar-refractivity contribution < 1.29 is 0 Å². The minimum atomic E-state index is 0.420. The van der Waals surface area contributed by atoms with Crippen molar-refractivity contribution in [1.29, 1.82) is 0 Å². The van der Waals surface area contributed by atoms with E-state index in [1.165, 1.54) is 5.56 Å². The molecule has 1 nitrogen and oxygen atoms in total. The highest BCUT2D eigenvalue weighted by Gasteiger charge is 1.90. The van der Waals surface area contributed by atoms with Gasteiger partial charge in [-0.2, -0.15) is 0 Å². The van der Waals surface area contributed by atoms with Gasteiger partial charge in [-0.05, 0) is 31.7 Å². The van der Waals surface area contributed by atoms with Gasteiger partial charge in [-0.3, -0.25) is 0 Å². The molecule has 0 aliphatic heterocycles. The van der Waals surface area contributed by atoms with Crippen molar-refractivity contribution in [2.24, 2.45) is 0 Å². The average molecular weight is 240 g/mol. The highest BCUT2D eigenvalue weighted by atomic mass is 79.9. The summed E-state index contributed by atoms with van der Waals surface area (Å²) < 4.78 is 1.12. The third kappa shape index (κ3) is 3.75. The van der Waals surface area contributed by atoms with Gasteiger partial charge in [0.25, 0.3) is 0 Å². The molecule has 13 heavy (non-hydrogen) atoms. The minimum absolute atomic E-state index is 0.420. The molecule has 1 aromatic carbocycles. The van der Waals surface area contributed by atoms with E-state index in [2.05, 4.69) is 52.5 Å². The summed E-state index contributed by atoms with van der Waals surface area (Å²) in [5.41, 5.74) is 1.23. The smallest absolute Gasteiger partial charge is 0.0221 e. The largest absolute Gasteiger partial charge is 0.314 e. The molecule has 0 fully saturated rings. The maximum Gasteiger partial charge on any atom is 0.0221 e. The summed E-state index contributed by atoms with van der Waals surface area (Å²) in [4.78, 5) is 0. The lowest BCUT2D eigenvalue weighted by molar-refractivity contribution is 0.731. The first-order valence-electron chi connectivity index (χ1n) is 4.33. The molecule has 0 saturated carbocycles. The van der Waals surface area contributed by atoms with Crippen LogP contribution in [0.15, 0.2) is 34.8 Å². The Morgan fingerprint density at radius 1 is 1.31 bits per heavy atom. The van der Waals surface area contributed by atoms with E-state index < -0.39 is 0 Å². The van der Waals surface area contributed by atoms with Gasteiger partial charge in [0.05, 0.1) is 0 Å². The standard InChI is InChI=1S/C11H14BrN/c1-9(13-2)3-4-10-5-7-11(12)8-6-10/h3-9,13H,1-2H3/b4-3+. The van der Waals surface area contributed by atoms with Crippen LogP contribution in [0.3, 0.4) is 0 Å². The molecule has 1 aromatic rings. The Kier molecular flexibility index (Phi) is 4.19. The first-order chi connectivity index (χ1) is 6.22. The Hall–Kier alpha value is -0.600. The fraction of sp³-hybridized carbons (Fsp3) is 0.273. The molecule has 1 unspecified atom stereocenters. The Labute approximate surface area is 88.0 Å². The van der Waals surface area contributed by atoms with Gasteiger partial charge < -0.3 is 5.32 Å². The highest BCUT2D eigenvalue weighted by Crippen LogP contribution is 2.11. The SMILES string of the molecule is CNC(C)/C=C/c1ccc(Br)cc1. The monoisotopic (exact) mass is 239 g/mol. The Bertz CT molecular complexity index is 277. The number of benzene rings is 1. The van der Waals surface area contributed by atoms with Crippen molar-refractivity contribution in [3.63, 3.8) is 0 Å².